The van der Waals surface area contributed by atoms with Crippen molar-refractivity contribution >= 4 is 21.7 Å². The van der Waals surface area contributed by atoms with E-state index in [1.807, 2.05) is 6.92 Å². The van der Waals surface area contributed by atoms with E-state index in [1.54, 1.807) is 0 Å². The Hall–Kier alpha value is -4.38. The molecule has 2 aliphatic carbocycles. The number of ether oxygens (including phenoxy) is 6. The minimum absolute atomic E-state index is 0. The predicted molar refractivity (Wildman–Crippen MR) is 242 cm³/mol. The predicted octanol–water partition coefficient (Wildman–Crippen LogP) is 12.9. The first-order chi connectivity index (χ1) is 33.3. The van der Waals surface area contributed by atoms with Gasteiger partial charge in [0, 0.05) is 42.3 Å². The standard InChI is InChI=1S/C24H25F5O4.C14H5BrF6O3.C9H16O.C4H9.Li/c1-3-4-13-5-7-16(19(30)9-13)14-10-17(25)22(18(26)11-14)24(28,29)31-15-6-8-20-21(12-15)33-23(2,27)32-20;15-6-3-8(16)12(9(17)4-6)13(18,19)22-7-1-2-10-11(5-7)24-14(20,21)23-10;1-2-3-8-4-6-9(10)7-5-8;1-3-4-2;/h6,8,10-13,16,19,30H,3-5,7,9H2,1-2H3;1-5H;8H,2-7H2,1H3;1,3-4H2,2H3;/q;;;-1;+1. The van der Waals surface area contributed by atoms with Crippen LogP contribution in [0, 0.1) is 42.0 Å². The summed E-state index contributed by atoms with van der Waals surface area (Å²) in [6, 6.07) is 6.08. The summed E-state index contributed by atoms with van der Waals surface area (Å²) in [5.41, 5.74) is -3.03. The molecule has 4 atom stereocenters. The van der Waals surface area contributed by atoms with Crippen LogP contribution in [0.1, 0.15) is 134 Å². The van der Waals surface area contributed by atoms with Crippen LogP contribution in [0.4, 0.5) is 48.3 Å². The molecule has 4 aromatic carbocycles. The maximum absolute atomic E-state index is 14.8. The van der Waals surface area contributed by atoms with Gasteiger partial charge in [0.2, 0.25) is 0 Å². The van der Waals surface area contributed by atoms with E-state index in [2.05, 4.69) is 55.6 Å². The number of carbonyl (C=O) groups excluding carboxylic acids is 1. The van der Waals surface area contributed by atoms with Crippen molar-refractivity contribution in [2.24, 2.45) is 11.8 Å². The zero-order valence-corrected chi connectivity index (χ0v) is 41.9. The Morgan fingerprint density at radius 3 is 1.57 bits per heavy atom. The van der Waals surface area contributed by atoms with Crippen LogP contribution < -0.4 is 47.3 Å². The monoisotopic (exact) mass is 1090 g/mol. The van der Waals surface area contributed by atoms with E-state index >= 15 is 0 Å². The Morgan fingerprint density at radius 2 is 1.10 bits per heavy atom. The molecule has 8 nitrogen and oxygen atoms in total. The van der Waals surface area contributed by atoms with Crippen molar-refractivity contribution in [2.45, 2.75) is 148 Å². The number of aliphatic hydroxyl groups is 1. The van der Waals surface area contributed by atoms with Gasteiger partial charge in [-0.05, 0) is 98.0 Å². The molecule has 0 amide bonds. The van der Waals surface area contributed by atoms with Gasteiger partial charge in [-0.2, -0.15) is 28.4 Å². The van der Waals surface area contributed by atoms with Crippen molar-refractivity contribution in [1.29, 1.82) is 0 Å². The van der Waals surface area contributed by atoms with Crippen molar-refractivity contribution < 1.29 is 105 Å². The third kappa shape index (κ3) is 16.3. The number of unbranched alkanes of at least 4 members (excludes halogenated alkanes) is 1. The second-order valence-electron chi connectivity index (χ2n) is 17.5. The summed E-state index contributed by atoms with van der Waals surface area (Å²) < 4.78 is 181. The van der Waals surface area contributed by atoms with Crippen molar-refractivity contribution in [3.8, 4) is 34.5 Å². The summed E-state index contributed by atoms with van der Waals surface area (Å²) in [5, 5.41) is 10.5. The first-order valence-electron chi connectivity index (χ1n) is 23.2. The summed E-state index contributed by atoms with van der Waals surface area (Å²) in [6.07, 6.45) is -0.846. The Morgan fingerprint density at radius 1 is 0.667 bits per heavy atom. The molecule has 0 radical (unpaired) electrons. The summed E-state index contributed by atoms with van der Waals surface area (Å²) in [6.45, 7) is 11.0. The molecule has 392 valence electrons. The van der Waals surface area contributed by atoms with Gasteiger partial charge in [0.05, 0.1) is 6.10 Å². The van der Waals surface area contributed by atoms with E-state index in [0.29, 0.717) is 42.7 Å². The molecule has 4 aliphatic rings. The van der Waals surface area contributed by atoms with Crippen molar-refractivity contribution in [1.82, 2.24) is 0 Å². The average Bonchev–Trinajstić information content (AvgIpc) is 3.75. The molecule has 4 aromatic rings. The molecule has 4 unspecified atom stereocenters. The van der Waals surface area contributed by atoms with Crippen LogP contribution >= 0.6 is 15.9 Å². The minimum atomic E-state index is -4.40. The van der Waals surface area contributed by atoms with E-state index < -0.39 is 94.0 Å². The van der Waals surface area contributed by atoms with E-state index in [9.17, 15) is 58.2 Å². The fourth-order valence-corrected chi connectivity index (χ4v) is 8.81. The quantitative estimate of drug-likeness (QED) is 0.0852. The molecule has 2 fully saturated rings. The fourth-order valence-electron chi connectivity index (χ4n) is 8.41. The van der Waals surface area contributed by atoms with Crippen LogP contribution in [0.5, 0.6) is 34.5 Å². The van der Waals surface area contributed by atoms with Gasteiger partial charge in [0.25, 0.3) is 0 Å². The number of alkyl halides is 7. The number of halogens is 12. The second kappa shape index (κ2) is 25.7. The van der Waals surface area contributed by atoms with Crippen molar-refractivity contribution in [2.75, 3.05) is 0 Å². The van der Waals surface area contributed by atoms with Gasteiger partial charge in [-0.25, -0.2) is 17.6 Å². The molecule has 0 spiro atoms. The molecule has 0 aromatic heterocycles. The Kier molecular flexibility index (Phi) is 21.5. The SMILES string of the molecule is CCCC1CCC(=O)CC1.CCCC1CCC(c2cc(F)c(C(F)(F)Oc3ccc4c(c3)OC(C)(F)O4)c(F)c2)C(O)C1.Fc1cc(Br)cc(F)c1C(F)(F)Oc1ccc2c(c1)OC(F)(F)O2.[CH2-]CCC.[Li+]. The molecule has 72 heavy (non-hydrogen) atoms. The maximum atomic E-state index is 14.8. The molecule has 2 saturated carbocycles. The zero-order chi connectivity index (χ0) is 52.5. The van der Waals surface area contributed by atoms with Crippen molar-refractivity contribution in [3.63, 3.8) is 0 Å². The summed E-state index contributed by atoms with van der Waals surface area (Å²) in [5.74, 6) is -7.18. The normalized spacial score (nSPS) is 20.9. The number of hydrogen-bond donors (Lipinski definition) is 1. The molecule has 8 rings (SSSR count). The summed E-state index contributed by atoms with van der Waals surface area (Å²) in [7, 11) is 0. The Bertz CT molecular complexity index is 2390. The zero-order valence-electron chi connectivity index (χ0n) is 40.3. The number of aliphatic hydroxyl groups excluding tert-OH is 1. The third-order valence-corrected chi connectivity index (χ3v) is 12.2. The van der Waals surface area contributed by atoms with Crippen LogP contribution in [0.2, 0.25) is 0 Å². The molecule has 2 heterocycles. The van der Waals surface area contributed by atoms with Gasteiger partial charge in [-0.1, -0.05) is 68.8 Å². The average molecular weight is 1090 g/mol. The van der Waals surface area contributed by atoms with Gasteiger partial charge < -0.3 is 40.5 Å². The Balaban J connectivity index is 0.000000251. The number of Topliss-reactive ketones (excluding diaryl/α,β-unsaturated/α-hetero) is 1. The first kappa shape index (κ1) is 60.2. The van der Waals surface area contributed by atoms with Crippen molar-refractivity contribution in [3.05, 3.63) is 112 Å². The van der Waals surface area contributed by atoms with E-state index in [0.717, 1.165) is 107 Å². The largest absolute Gasteiger partial charge is 1.00 e. The number of hydrogen-bond acceptors (Lipinski definition) is 8. The maximum Gasteiger partial charge on any atom is 1.00 e. The molecule has 0 saturated heterocycles. The smallest absolute Gasteiger partial charge is 0.429 e. The second-order valence-corrected chi connectivity index (χ2v) is 18.4. The number of fused-ring (bicyclic) bond motifs is 2. The van der Waals surface area contributed by atoms with Gasteiger partial charge in [-0.15, -0.1) is 8.78 Å². The molecule has 0 bridgehead atoms. The minimum Gasteiger partial charge on any atom is -0.429 e. The molecular weight excluding hydrogens is 1040 g/mol. The van der Waals surface area contributed by atoms with Gasteiger partial charge in [0.1, 0.15) is 51.7 Å². The molecule has 2 aliphatic heterocycles. The molecule has 21 heteroatoms. The number of rotatable bonds is 12. The van der Waals surface area contributed by atoms with E-state index in [-0.39, 0.29) is 40.4 Å². The first-order valence-corrected chi connectivity index (χ1v) is 24.0. The number of carbonyl (C=O) groups is 1. The molecular formula is C51H55BrF11LiO8. The summed E-state index contributed by atoms with van der Waals surface area (Å²) in [4.78, 5) is 10.8. The number of benzene rings is 4. The van der Waals surface area contributed by atoms with E-state index in [4.69, 9.17) is 9.47 Å². The Labute approximate surface area is 431 Å². The number of ketones is 1. The van der Waals surface area contributed by atoms with Gasteiger partial charge in [0.15, 0.2) is 23.0 Å². The van der Waals surface area contributed by atoms with Crippen LogP contribution in [0.15, 0.2) is 65.1 Å². The molecule has 1 N–H and O–H groups in total. The fraction of sp³-hybridized carbons (Fsp3) is 0.490. The van der Waals surface area contributed by atoms with Crippen LogP contribution in [-0.2, 0) is 17.0 Å². The van der Waals surface area contributed by atoms with Crippen LogP contribution in [-0.4, -0.2) is 29.3 Å². The third-order valence-electron chi connectivity index (χ3n) is 11.8. The van der Waals surface area contributed by atoms with Crippen LogP contribution in [0.25, 0.3) is 0 Å². The van der Waals surface area contributed by atoms with Gasteiger partial charge in [-0.3, -0.25) is 4.79 Å². The van der Waals surface area contributed by atoms with E-state index in [1.165, 1.54) is 19.3 Å². The summed E-state index contributed by atoms with van der Waals surface area (Å²) >= 11 is 2.76. The van der Waals surface area contributed by atoms with Crippen LogP contribution in [0.3, 0.4) is 0 Å². The van der Waals surface area contributed by atoms with Gasteiger partial charge >= 0.3 is 43.4 Å². The topological polar surface area (TPSA) is 92.7 Å².